The van der Waals surface area contributed by atoms with Gasteiger partial charge in [0, 0.05) is 17.8 Å². The van der Waals surface area contributed by atoms with Crippen molar-refractivity contribution >= 4 is 34.4 Å². The van der Waals surface area contributed by atoms with Crippen LogP contribution in [-0.4, -0.2) is 52.7 Å². The van der Waals surface area contributed by atoms with Crippen LogP contribution in [0.1, 0.15) is 27.5 Å². The molecule has 1 aliphatic carbocycles. The first kappa shape index (κ1) is 22.2. The minimum atomic E-state index is -1.14. The molecule has 0 atom stereocenters. The van der Waals surface area contributed by atoms with Crippen molar-refractivity contribution in [3.05, 3.63) is 83.4 Å². The summed E-state index contributed by atoms with van der Waals surface area (Å²) < 4.78 is 5.48. The lowest BCUT2D eigenvalue weighted by Crippen LogP contribution is -2.36. The van der Waals surface area contributed by atoms with Crippen molar-refractivity contribution in [2.45, 2.75) is 5.92 Å². The van der Waals surface area contributed by atoms with E-state index in [2.05, 4.69) is 29.0 Å². The molecule has 0 aliphatic heterocycles. The van der Waals surface area contributed by atoms with Gasteiger partial charge in [-0.3, -0.25) is 14.9 Å². The van der Waals surface area contributed by atoms with E-state index in [1.165, 1.54) is 11.5 Å². The van der Waals surface area contributed by atoms with Crippen LogP contribution >= 0.6 is 11.3 Å². The summed E-state index contributed by atoms with van der Waals surface area (Å²) in [6.07, 6.45) is 0.752. The van der Waals surface area contributed by atoms with Gasteiger partial charge >= 0.3 is 12.1 Å². The maximum atomic E-state index is 12.5. The number of nitrogens with one attached hydrogen (secondary N) is 1. The van der Waals surface area contributed by atoms with Crippen molar-refractivity contribution in [2.24, 2.45) is 0 Å². The van der Waals surface area contributed by atoms with Crippen molar-refractivity contribution < 1.29 is 24.2 Å². The summed E-state index contributed by atoms with van der Waals surface area (Å²) in [6.45, 7) is 3.28. The van der Waals surface area contributed by atoms with E-state index >= 15 is 0 Å². The lowest BCUT2D eigenvalue weighted by Gasteiger charge is -2.17. The van der Waals surface area contributed by atoms with E-state index in [0.717, 1.165) is 38.5 Å². The minimum absolute atomic E-state index is 0.0389. The first-order valence-corrected chi connectivity index (χ1v) is 11.1. The molecule has 33 heavy (non-hydrogen) atoms. The predicted molar refractivity (Wildman–Crippen MR) is 125 cm³/mol. The van der Waals surface area contributed by atoms with Crippen molar-refractivity contribution in [3.8, 4) is 11.1 Å². The number of anilines is 1. The molecular formula is C24H21N3O5S. The van der Waals surface area contributed by atoms with E-state index in [9.17, 15) is 14.4 Å². The number of carboxylic acids is 1. The van der Waals surface area contributed by atoms with Gasteiger partial charge in [-0.25, -0.2) is 9.78 Å². The van der Waals surface area contributed by atoms with Gasteiger partial charge in [0.05, 0.1) is 0 Å². The Labute approximate surface area is 194 Å². The first-order valence-electron chi connectivity index (χ1n) is 10.2. The van der Waals surface area contributed by atoms with Gasteiger partial charge in [0.1, 0.15) is 18.8 Å². The van der Waals surface area contributed by atoms with Gasteiger partial charge in [-0.15, -0.1) is 17.9 Å². The Bertz CT molecular complexity index is 1180. The third-order valence-corrected chi connectivity index (χ3v) is 6.00. The van der Waals surface area contributed by atoms with E-state index < -0.39 is 24.5 Å². The number of amides is 2. The fraction of sp³-hybridized carbons (Fsp3) is 0.167. The Morgan fingerprint density at radius 3 is 2.36 bits per heavy atom. The zero-order valence-electron chi connectivity index (χ0n) is 17.6. The Balaban J connectivity index is 1.40. The largest absolute Gasteiger partial charge is 0.480 e. The maximum Gasteiger partial charge on any atom is 0.413 e. The van der Waals surface area contributed by atoms with Crippen LogP contribution in [-0.2, 0) is 9.53 Å². The first-order chi connectivity index (χ1) is 16.0. The summed E-state index contributed by atoms with van der Waals surface area (Å²) in [5.74, 6) is -1.77. The molecule has 0 unspecified atom stereocenters. The number of hydrogen-bond donors (Lipinski definition) is 2. The monoisotopic (exact) mass is 463 g/mol. The van der Waals surface area contributed by atoms with E-state index in [0.29, 0.717) is 0 Å². The number of nitrogens with zero attached hydrogens (tertiary/aromatic N) is 2. The number of carbonyl (C=O) groups is 3. The zero-order valence-corrected chi connectivity index (χ0v) is 18.4. The highest BCUT2D eigenvalue weighted by molar-refractivity contribution is 7.14. The van der Waals surface area contributed by atoms with E-state index in [1.807, 2.05) is 36.4 Å². The molecule has 2 N–H and O–H groups in total. The topological polar surface area (TPSA) is 109 Å². The van der Waals surface area contributed by atoms with Gasteiger partial charge < -0.3 is 14.7 Å². The standard InChI is InChI=1S/C24H21N3O5S/c1-2-11-27(12-21(28)29)22(30)20-14-33-23(25-20)26-24(31)32-13-19-17-9-5-3-7-15(17)16-8-4-6-10-18(16)19/h2-10,14,19H,1,11-13H2,(H,28,29)(H,25,26,31). The SMILES string of the molecule is C=CCN(CC(=O)O)C(=O)c1csc(NC(=O)OCC2c3ccccc3-c3ccccc32)n1. The lowest BCUT2D eigenvalue weighted by atomic mass is 9.98. The number of carbonyl (C=O) groups excluding carboxylic acids is 2. The second kappa shape index (κ2) is 9.66. The highest BCUT2D eigenvalue weighted by Crippen LogP contribution is 2.44. The Morgan fingerprint density at radius 2 is 1.76 bits per heavy atom. The molecule has 0 radical (unpaired) electrons. The molecule has 2 amide bonds. The number of rotatable bonds is 8. The van der Waals surface area contributed by atoms with Crippen molar-refractivity contribution in [1.82, 2.24) is 9.88 Å². The molecule has 168 valence electrons. The number of carboxylic acid groups (broad SMARTS) is 1. The Kier molecular flexibility index (Phi) is 6.50. The van der Waals surface area contributed by atoms with E-state index in [-0.39, 0.29) is 29.9 Å². The average Bonchev–Trinajstić information content (AvgIpc) is 3.39. The van der Waals surface area contributed by atoms with Gasteiger partial charge in [-0.1, -0.05) is 54.6 Å². The molecule has 4 rings (SSSR count). The molecule has 3 aromatic rings. The zero-order chi connectivity index (χ0) is 23.4. The van der Waals surface area contributed by atoms with Gasteiger partial charge in [0.25, 0.3) is 5.91 Å². The van der Waals surface area contributed by atoms with Crippen LogP contribution in [0.3, 0.4) is 0 Å². The molecule has 0 bridgehead atoms. The van der Waals surface area contributed by atoms with Crippen LogP contribution in [0.25, 0.3) is 11.1 Å². The molecule has 0 saturated carbocycles. The van der Waals surface area contributed by atoms with Crippen LogP contribution in [0.15, 0.2) is 66.6 Å². The van der Waals surface area contributed by atoms with Crippen LogP contribution in [0.5, 0.6) is 0 Å². The van der Waals surface area contributed by atoms with Crippen molar-refractivity contribution in [3.63, 3.8) is 0 Å². The summed E-state index contributed by atoms with van der Waals surface area (Å²) >= 11 is 1.05. The molecule has 2 aromatic carbocycles. The maximum absolute atomic E-state index is 12.5. The number of aliphatic carboxylic acids is 1. The Morgan fingerprint density at radius 1 is 1.12 bits per heavy atom. The van der Waals surface area contributed by atoms with Crippen LogP contribution in [0, 0.1) is 0 Å². The van der Waals surface area contributed by atoms with Crippen molar-refractivity contribution in [2.75, 3.05) is 25.0 Å². The number of thiazole rings is 1. The molecule has 0 spiro atoms. The predicted octanol–water partition coefficient (Wildman–Crippen LogP) is 4.22. The molecular weight excluding hydrogens is 442 g/mol. The van der Waals surface area contributed by atoms with Crippen LogP contribution in [0.2, 0.25) is 0 Å². The fourth-order valence-corrected chi connectivity index (χ4v) is 4.52. The van der Waals surface area contributed by atoms with Gasteiger partial charge in [-0.2, -0.15) is 0 Å². The Hall–Kier alpha value is -3.98. The van der Waals surface area contributed by atoms with Crippen molar-refractivity contribution in [1.29, 1.82) is 0 Å². The van der Waals surface area contributed by atoms with Crippen LogP contribution in [0.4, 0.5) is 9.93 Å². The molecule has 8 nitrogen and oxygen atoms in total. The molecule has 9 heteroatoms. The number of benzene rings is 2. The number of ether oxygens (including phenoxy) is 1. The summed E-state index contributed by atoms with van der Waals surface area (Å²) in [6, 6.07) is 16.1. The summed E-state index contributed by atoms with van der Waals surface area (Å²) in [4.78, 5) is 41.1. The van der Waals surface area contributed by atoms with E-state index in [1.54, 1.807) is 0 Å². The quantitative estimate of drug-likeness (QED) is 0.484. The number of fused-ring (bicyclic) bond motifs is 3. The number of hydrogen-bond acceptors (Lipinski definition) is 6. The third-order valence-electron chi connectivity index (χ3n) is 5.24. The highest BCUT2D eigenvalue weighted by Gasteiger charge is 2.29. The molecule has 1 aromatic heterocycles. The second-order valence-corrected chi connectivity index (χ2v) is 8.21. The van der Waals surface area contributed by atoms with Gasteiger partial charge in [-0.05, 0) is 22.3 Å². The summed E-state index contributed by atoms with van der Waals surface area (Å²) in [5.41, 5.74) is 4.52. The smallest absolute Gasteiger partial charge is 0.413 e. The normalized spacial score (nSPS) is 11.9. The van der Waals surface area contributed by atoms with Gasteiger partial charge in [0.2, 0.25) is 0 Å². The van der Waals surface area contributed by atoms with Gasteiger partial charge in [0.15, 0.2) is 5.13 Å². The average molecular weight is 464 g/mol. The molecule has 0 fully saturated rings. The highest BCUT2D eigenvalue weighted by atomic mass is 32.1. The molecule has 0 saturated heterocycles. The minimum Gasteiger partial charge on any atom is -0.480 e. The second-order valence-electron chi connectivity index (χ2n) is 7.36. The molecule has 1 heterocycles. The van der Waals surface area contributed by atoms with Crippen LogP contribution < -0.4 is 5.32 Å². The summed E-state index contributed by atoms with van der Waals surface area (Å²) in [5, 5.41) is 13.2. The number of aromatic nitrogens is 1. The third kappa shape index (κ3) is 4.78. The lowest BCUT2D eigenvalue weighted by molar-refractivity contribution is -0.137. The fourth-order valence-electron chi connectivity index (χ4n) is 3.85. The molecule has 1 aliphatic rings. The summed E-state index contributed by atoms with van der Waals surface area (Å²) in [7, 11) is 0. The van der Waals surface area contributed by atoms with E-state index in [4.69, 9.17) is 9.84 Å².